The van der Waals surface area contributed by atoms with Crippen LogP contribution in [0, 0.1) is 0 Å². The molecule has 0 bridgehead atoms. The number of aromatic nitrogens is 2. The fourth-order valence-electron chi connectivity index (χ4n) is 5.10. The SMILES string of the molecule is CCN(c1ncccc1CC[Si](C)(C)C)C1CCN(C(=O)c2c[nH]c3ccc(NS(C)(=O)=O)cc23)CC1. The van der Waals surface area contributed by atoms with Crippen LogP contribution in [0.15, 0.2) is 42.7 Å². The Morgan fingerprint density at radius 3 is 2.59 bits per heavy atom. The number of piperidine rings is 1. The van der Waals surface area contributed by atoms with Crippen molar-refractivity contribution in [2.45, 2.75) is 57.9 Å². The van der Waals surface area contributed by atoms with Crippen LogP contribution in [0.5, 0.6) is 0 Å². The summed E-state index contributed by atoms with van der Waals surface area (Å²) in [6.07, 6.45) is 7.55. The Morgan fingerprint density at radius 2 is 1.95 bits per heavy atom. The second-order valence-corrected chi connectivity index (χ2v) is 18.6. The van der Waals surface area contributed by atoms with Crippen molar-refractivity contribution in [3.63, 3.8) is 0 Å². The molecule has 1 aliphatic rings. The number of likely N-dealkylation sites (tertiary alicyclic amines) is 1. The Bertz CT molecular complexity index is 1360. The fraction of sp³-hybridized carbons (Fsp3) is 0.481. The number of sulfonamides is 1. The highest BCUT2D eigenvalue weighted by atomic mass is 32.2. The van der Waals surface area contributed by atoms with Gasteiger partial charge in [-0.3, -0.25) is 9.52 Å². The lowest BCUT2D eigenvalue weighted by atomic mass is 10.0. The van der Waals surface area contributed by atoms with Gasteiger partial charge in [0.25, 0.3) is 5.91 Å². The molecule has 1 amide bonds. The summed E-state index contributed by atoms with van der Waals surface area (Å²) in [6.45, 7) is 11.6. The number of carbonyl (C=O) groups excluding carboxylic acids is 1. The van der Waals surface area contributed by atoms with Gasteiger partial charge in [0, 0.05) is 62.7 Å². The van der Waals surface area contributed by atoms with Gasteiger partial charge in [0.1, 0.15) is 5.82 Å². The standard InChI is InChI=1S/C27H39N5O3SSi/c1-6-32(26-20(8-7-14-28-26)13-17-37(3,4)5)22-11-15-31(16-12-22)27(33)24-19-29-25-10-9-21(18-23(24)25)30-36(2,34)35/h7-10,14,18-19,22,29-30H,6,11-13,15-17H2,1-5H3. The van der Waals surface area contributed by atoms with Crippen LogP contribution in [0.25, 0.3) is 10.9 Å². The molecule has 1 saturated heterocycles. The van der Waals surface area contributed by atoms with E-state index in [9.17, 15) is 13.2 Å². The highest BCUT2D eigenvalue weighted by Gasteiger charge is 2.29. The first-order valence-electron chi connectivity index (χ1n) is 13.0. The number of hydrogen-bond donors (Lipinski definition) is 2. The van der Waals surface area contributed by atoms with Gasteiger partial charge >= 0.3 is 0 Å². The van der Waals surface area contributed by atoms with E-state index in [0.29, 0.717) is 30.4 Å². The van der Waals surface area contributed by atoms with Crippen LogP contribution in [0.3, 0.4) is 0 Å². The van der Waals surface area contributed by atoms with Gasteiger partial charge in [0.15, 0.2) is 0 Å². The van der Waals surface area contributed by atoms with Gasteiger partial charge in [0.2, 0.25) is 10.0 Å². The zero-order valence-electron chi connectivity index (χ0n) is 22.5. The fourth-order valence-corrected chi connectivity index (χ4v) is 6.68. The second-order valence-electron chi connectivity index (χ2n) is 11.2. The molecule has 1 aromatic carbocycles. The van der Waals surface area contributed by atoms with Crippen LogP contribution in [-0.2, 0) is 16.4 Å². The molecule has 2 N–H and O–H groups in total. The minimum Gasteiger partial charge on any atom is -0.360 e. The number of nitrogens with one attached hydrogen (secondary N) is 2. The molecule has 0 aliphatic carbocycles. The van der Waals surface area contributed by atoms with Crippen molar-refractivity contribution in [2.24, 2.45) is 0 Å². The second kappa shape index (κ2) is 10.9. The van der Waals surface area contributed by atoms with Crippen LogP contribution in [0.1, 0.15) is 35.7 Å². The first-order chi connectivity index (χ1) is 17.4. The highest BCUT2D eigenvalue weighted by molar-refractivity contribution is 7.92. The molecule has 3 heterocycles. The Kier molecular flexibility index (Phi) is 7.98. The lowest BCUT2D eigenvalue weighted by Gasteiger charge is -2.39. The molecular weight excluding hydrogens is 502 g/mol. The van der Waals surface area contributed by atoms with Gasteiger partial charge < -0.3 is 14.8 Å². The van der Waals surface area contributed by atoms with Crippen molar-refractivity contribution in [2.75, 3.05) is 35.5 Å². The number of aryl methyl sites for hydroxylation is 1. The molecule has 1 fully saturated rings. The monoisotopic (exact) mass is 541 g/mol. The van der Waals surface area contributed by atoms with Crippen LogP contribution in [-0.4, -0.2) is 69.2 Å². The van der Waals surface area contributed by atoms with Gasteiger partial charge in [-0.15, -0.1) is 0 Å². The van der Waals surface area contributed by atoms with Gasteiger partial charge in [-0.25, -0.2) is 13.4 Å². The summed E-state index contributed by atoms with van der Waals surface area (Å²) in [5, 5.41) is 0.719. The number of fused-ring (bicyclic) bond motifs is 1. The van der Waals surface area contributed by atoms with Crippen molar-refractivity contribution in [3.05, 3.63) is 53.9 Å². The summed E-state index contributed by atoms with van der Waals surface area (Å²) >= 11 is 0. The molecule has 4 rings (SSSR count). The zero-order valence-corrected chi connectivity index (χ0v) is 24.4. The largest absolute Gasteiger partial charge is 0.360 e. The van der Waals surface area contributed by atoms with Crippen molar-refractivity contribution in [1.29, 1.82) is 0 Å². The molecular formula is C27H39N5O3SSi. The quantitative estimate of drug-likeness (QED) is 0.374. The number of nitrogens with zero attached hydrogens (tertiary/aromatic N) is 3. The van der Waals surface area contributed by atoms with E-state index >= 15 is 0 Å². The summed E-state index contributed by atoms with van der Waals surface area (Å²) < 4.78 is 25.8. The maximum absolute atomic E-state index is 13.5. The number of aromatic amines is 1. The summed E-state index contributed by atoms with van der Waals surface area (Å²) in [5.74, 6) is 1.06. The van der Waals surface area contributed by atoms with E-state index in [1.807, 2.05) is 17.2 Å². The molecule has 0 spiro atoms. The molecule has 0 unspecified atom stereocenters. The first-order valence-corrected chi connectivity index (χ1v) is 18.6. The molecule has 0 radical (unpaired) electrons. The Balaban J connectivity index is 1.47. The third kappa shape index (κ3) is 6.73. The predicted octanol–water partition coefficient (Wildman–Crippen LogP) is 4.95. The average molecular weight is 542 g/mol. The number of hydrogen-bond acceptors (Lipinski definition) is 5. The van der Waals surface area contributed by atoms with Gasteiger partial charge in [-0.1, -0.05) is 31.8 Å². The Morgan fingerprint density at radius 1 is 1.22 bits per heavy atom. The molecule has 37 heavy (non-hydrogen) atoms. The van der Waals surface area contributed by atoms with E-state index < -0.39 is 18.1 Å². The van der Waals surface area contributed by atoms with E-state index in [1.165, 1.54) is 11.6 Å². The third-order valence-corrected chi connectivity index (χ3v) is 9.39. The summed E-state index contributed by atoms with van der Waals surface area (Å²) in [7, 11) is -4.56. The van der Waals surface area contributed by atoms with Crippen molar-refractivity contribution >= 4 is 46.4 Å². The van der Waals surface area contributed by atoms with Crippen molar-refractivity contribution in [1.82, 2.24) is 14.9 Å². The number of anilines is 2. The van der Waals surface area contributed by atoms with Crippen LogP contribution in [0.2, 0.25) is 25.7 Å². The normalized spacial score (nSPS) is 15.2. The molecule has 10 heteroatoms. The van der Waals surface area contributed by atoms with Crippen LogP contribution >= 0.6 is 0 Å². The van der Waals surface area contributed by atoms with E-state index in [1.54, 1.807) is 24.4 Å². The maximum atomic E-state index is 13.5. The number of benzene rings is 1. The molecule has 2 aromatic heterocycles. The summed E-state index contributed by atoms with van der Waals surface area (Å²) in [5.41, 5.74) is 3.13. The lowest BCUT2D eigenvalue weighted by Crippen LogP contribution is -2.47. The molecule has 3 aromatic rings. The van der Waals surface area contributed by atoms with Crippen LogP contribution < -0.4 is 9.62 Å². The number of H-pyrrole nitrogens is 1. The molecule has 1 aliphatic heterocycles. The van der Waals surface area contributed by atoms with E-state index in [2.05, 4.69) is 47.2 Å². The van der Waals surface area contributed by atoms with Gasteiger partial charge in [-0.05, 0) is 56.0 Å². The van der Waals surface area contributed by atoms with Gasteiger partial charge in [0.05, 0.1) is 11.8 Å². The van der Waals surface area contributed by atoms with Gasteiger partial charge in [-0.2, -0.15) is 0 Å². The minimum atomic E-state index is -3.40. The molecule has 0 atom stereocenters. The highest BCUT2D eigenvalue weighted by Crippen LogP contribution is 2.29. The number of rotatable bonds is 9. The predicted molar refractivity (Wildman–Crippen MR) is 155 cm³/mol. The lowest BCUT2D eigenvalue weighted by molar-refractivity contribution is 0.0714. The van der Waals surface area contributed by atoms with E-state index in [4.69, 9.17) is 4.98 Å². The zero-order chi connectivity index (χ0) is 26.8. The smallest absolute Gasteiger partial charge is 0.256 e. The minimum absolute atomic E-state index is 0.0297. The van der Waals surface area contributed by atoms with E-state index in [-0.39, 0.29) is 5.91 Å². The Hall–Kier alpha value is -2.85. The summed E-state index contributed by atoms with van der Waals surface area (Å²) in [6, 6.07) is 11.0. The summed E-state index contributed by atoms with van der Waals surface area (Å²) in [4.78, 5) is 25.7. The first kappa shape index (κ1) is 27.2. The maximum Gasteiger partial charge on any atom is 0.256 e. The number of amides is 1. The average Bonchev–Trinajstić information content (AvgIpc) is 3.25. The number of pyridine rings is 1. The van der Waals surface area contributed by atoms with Crippen molar-refractivity contribution in [3.8, 4) is 0 Å². The third-order valence-electron chi connectivity index (χ3n) is 7.03. The molecule has 200 valence electrons. The molecule has 8 nitrogen and oxygen atoms in total. The van der Waals surface area contributed by atoms with Crippen molar-refractivity contribution < 1.29 is 13.2 Å². The Labute approximate surface area is 221 Å². The van der Waals surface area contributed by atoms with E-state index in [0.717, 1.165) is 48.8 Å². The topological polar surface area (TPSA) is 98.4 Å². The van der Waals surface area contributed by atoms with Crippen LogP contribution in [0.4, 0.5) is 11.5 Å². The molecule has 0 saturated carbocycles. The number of carbonyl (C=O) groups is 1.